The van der Waals surface area contributed by atoms with E-state index in [4.69, 9.17) is 25.8 Å². The molecule has 0 unspecified atom stereocenters. The molecule has 144 valence electrons. The van der Waals surface area contributed by atoms with Crippen LogP contribution in [0, 0.1) is 6.92 Å². The van der Waals surface area contributed by atoms with E-state index in [0.717, 1.165) is 4.57 Å². The molecule has 7 nitrogen and oxygen atoms in total. The van der Waals surface area contributed by atoms with Crippen LogP contribution in [0.15, 0.2) is 52.1 Å². The first-order chi connectivity index (χ1) is 13.5. The van der Waals surface area contributed by atoms with E-state index < -0.39 is 11.2 Å². The summed E-state index contributed by atoms with van der Waals surface area (Å²) in [4.78, 5) is 25.8. The largest absolute Gasteiger partial charge is 0.495 e. The van der Waals surface area contributed by atoms with Crippen molar-refractivity contribution in [3.05, 3.63) is 79.6 Å². The minimum absolute atomic E-state index is 0.00255. The van der Waals surface area contributed by atoms with E-state index in [0.29, 0.717) is 39.2 Å². The fourth-order valence-electron chi connectivity index (χ4n) is 3.19. The molecule has 0 amide bonds. The van der Waals surface area contributed by atoms with Crippen molar-refractivity contribution in [1.82, 2.24) is 9.13 Å². The zero-order valence-electron chi connectivity index (χ0n) is 15.3. The number of aryl methyl sites for hydroxylation is 1. The third-order valence-electron chi connectivity index (χ3n) is 4.57. The van der Waals surface area contributed by atoms with Crippen LogP contribution in [0.1, 0.15) is 11.3 Å². The summed E-state index contributed by atoms with van der Waals surface area (Å²) in [6.45, 7) is 1.82. The molecule has 0 atom stereocenters. The number of rotatable bonds is 4. The second-order valence-electron chi connectivity index (χ2n) is 6.30. The third kappa shape index (κ3) is 3.03. The van der Waals surface area contributed by atoms with E-state index >= 15 is 0 Å². The normalized spacial score (nSPS) is 12.2. The first-order valence-electron chi connectivity index (χ1n) is 8.54. The number of hydrogen-bond acceptors (Lipinski definition) is 5. The third-order valence-corrected chi connectivity index (χ3v) is 4.92. The van der Waals surface area contributed by atoms with Gasteiger partial charge in [0, 0.05) is 22.8 Å². The van der Waals surface area contributed by atoms with Crippen LogP contribution < -0.4 is 25.5 Å². The van der Waals surface area contributed by atoms with Gasteiger partial charge < -0.3 is 14.2 Å². The fraction of sp³-hybridized carbons (Fsp3) is 0.200. The summed E-state index contributed by atoms with van der Waals surface area (Å²) >= 11 is 6.32. The van der Waals surface area contributed by atoms with Gasteiger partial charge in [-0.25, -0.2) is 4.79 Å². The summed E-state index contributed by atoms with van der Waals surface area (Å²) in [6, 6.07) is 11.8. The van der Waals surface area contributed by atoms with E-state index in [2.05, 4.69) is 0 Å². The minimum atomic E-state index is -0.483. The summed E-state index contributed by atoms with van der Waals surface area (Å²) in [5, 5.41) is 0.389. The molecule has 2 aromatic carbocycles. The monoisotopic (exact) mass is 400 g/mol. The highest BCUT2D eigenvalue weighted by molar-refractivity contribution is 6.31. The lowest BCUT2D eigenvalue weighted by Gasteiger charge is -2.16. The summed E-state index contributed by atoms with van der Waals surface area (Å²) in [6.07, 6.45) is 0. The van der Waals surface area contributed by atoms with E-state index in [9.17, 15) is 9.59 Å². The Morgan fingerprint density at radius 1 is 1.11 bits per heavy atom. The molecule has 2 heterocycles. The number of hydrogen-bond donors (Lipinski definition) is 0. The molecule has 1 aliphatic heterocycles. The van der Waals surface area contributed by atoms with Gasteiger partial charge in [0.15, 0.2) is 11.5 Å². The van der Waals surface area contributed by atoms with Crippen LogP contribution in [0.4, 0.5) is 0 Å². The Morgan fingerprint density at radius 3 is 2.57 bits per heavy atom. The molecule has 0 fully saturated rings. The lowest BCUT2D eigenvalue weighted by Crippen LogP contribution is -2.40. The van der Waals surface area contributed by atoms with Gasteiger partial charge in [-0.1, -0.05) is 23.7 Å². The molecular formula is C20H17ClN2O5. The van der Waals surface area contributed by atoms with Crippen molar-refractivity contribution in [2.24, 2.45) is 0 Å². The highest BCUT2D eigenvalue weighted by atomic mass is 35.5. The average Bonchev–Trinajstić information content (AvgIpc) is 3.12. The highest BCUT2D eigenvalue weighted by Crippen LogP contribution is 2.36. The van der Waals surface area contributed by atoms with Crippen molar-refractivity contribution >= 4 is 11.6 Å². The van der Waals surface area contributed by atoms with Crippen molar-refractivity contribution in [2.45, 2.75) is 13.5 Å². The van der Waals surface area contributed by atoms with E-state index in [1.165, 1.54) is 17.7 Å². The van der Waals surface area contributed by atoms with E-state index in [1.807, 2.05) is 6.07 Å². The lowest BCUT2D eigenvalue weighted by atomic mass is 10.2. The molecule has 0 spiro atoms. The maximum Gasteiger partial charge on any atom is 0.336 e. The first kappa shape index (κ1) is 18.2. The number of halogens is 1. The smallest absolute Gasteiger partial charge is 0.336 e. The Bertz CT molecular complexity index is 1180. The number of ether oxygens (including phenoxy) is 3. The SMILES string of the molecule is COc1ccccc1-n1c(C)cc(=O)n(Cc2cc3c(cc2Cl)OCO3)c1=O. The number of nitrogens with zero attached hydrogens (tertiary/aromatic N) is 2. The fourth-order valence-corrected chi connectivity index (χ4v) is 3.40. The van der Waals surface area contributed by atoms with Crippen LogP contribution >= 0.6 is 11.6 Å². The van der Waals surface area contributed by atoms with Crippen molar-refractivity contribution in [3.8, 4) is 22.9 Å². The topological polar surface area (TPSA) is 71.7 Å². The van der Waals surface area contributed by atoms with E-state index in [-0.39, 0.29) is 13.3 Å². The van der Waals surface area contributed by atoms with Crippen LogP contribution in [0.5, 0.6) is 17.2 Å². The van der Waals surface area contributed by atoms with Crippen molar-refractivity contribution in [3.63, 3.8) is 0 Å². The second kappa shape index (κ2) is 7.09. The van der Waals surface area contributed by atoms with Gasteiger partial charge in [0.25, 0.3) is 5.56 Å². The maximum absolute atomic E-state index is 13.2. The standard InChI is InChI=1S/C20H17ClN2O5/c1-12-7-19(24)22(10-13-8-17-18(9-14(13)21)28-11-27-17)20(25)23(12)15-5-3-4-6-16(15)26-2/h3-9H,10-11H2,1-2H3. The molecule has 3 aromatic rings. The van der Waals surface area contributed by atoms with Gasteiger partial charge in [-0.05, 0) is 30.7 Å². The van der Waals surface area contributed by atoms with Crippen molar-refractivity contribution in [1.29, 1.82) is 0 Å². The van der Waals surface area contributed by atoms with Crippen molar-refractivity contribution in [2.75, 3.05) is 13.9 Å². The molecule has 0 radical (unpaired) electrons. The molecule has 8 heteroatoms. The average molecular weight is 401 g/mol. The zero-order valence-corrected chi connectivity index (χ0v) is 16.0. The minimum Gasteiger partial charge on any atom is -0.495 e. The molecule has 1 aliphatic rings. The Kier molecular flexibility index (Phi) is 4.60. The maximum atomic E-state index is 13.2. The number of para-hydroxylation sites is 2. The summed E-state index contributed by atoms with van der Waals surface area (Å²) < 4.78 is 18.6. The lowest BCUT2D eigenvalue weighted by molar-refractivity contribution is 0.174. The van der Waals surface area contributed by atoms with Gasteiger partial charge in [-0.15, -0.1) is 0 Å². The summed E-state index contributed by atoms with van der Waals surface area (Å²) in [5.74, 6) is 1.60. The molecule has 0 saturated heterocycles. The Labute approximate surface area is 165 Å². The number of aromatic nitrogens is 2. The summed E-state index contributed by atoms with van der Waals surface area (Å²) in [7, 11) is 1.53. The quantitative estimate of drug-likeness (QED) is 0.673. The Balaban J connectivity index is 1.86. The molecule has 0 bridgehead atoms. The van der Waals surface area contributed by atoms with Gasteiger partial charge in [-0.2, -0.15) is 0 Å². The van der Waals surface area contributed by atoms with Crippen LogP contribution in [-0.4, -0.2) is 23.0 Å². The molecule has 0 saturated carbocycles. The summed E-state index contributed by atoms with van der Waals surface area (Å²) in [5.41, 5.74) is 0.747. The van der Waals surface area contributed by atoms with Crippen LogP contribution in [-0.2, 0) is 6.54 Å². The van der Waals surface area contributed by atoms with Gasteiger partial charge in [0.05, 0.1) is 19.3 Å². The first-order valence-corrected chi connectivity index (χ1v) is 8.92. The predicted molar refractivity (Wildman–Crippen MR) is 104 cm³/mol. The highest BCUT2D eigenvalue weighted by Gasteiger charge is 2.19. The zero-order chi connectivity index (χ0) is 19.8. The second-order valence-corrected chi connectivity index (χ2v) is 6.70. The van der Waals surface area contributed by atoms with Gasteiger partial charge in [0.2, 0.25) is 6.79 Å². The number of fused-ring (bicyclic) bond motifs is 1. The van der Waals surface area contributed by atoms with Crippen LogP contribution in [0.25, 0.3) is 5.69 Å². The molecule has 28 heavy (non-hydrogen) atoms. The Morgan fingerprint density at radius 2 is 1.82 bits per heavy atom. The Hall–Kier alpha value is -3.19. The van der Waals surface area contributed by atoms with Gasteiger partial charge in [0.1, 0.15) is 5.75 Å². The van der Waals surface area contributed by atoms with Crippen molar-refractivity contribution < 1.29 is 14.2 Å². The van der Waals surface area contributed by atoms with Crippen LogP contribution in [0.2, 0.25) is 5.02 Å². The molecule has 1 aromatic heterocycles. The molecule has 4 rings (SSSR count). The van der Waals surface area contributed by atoms with Crippen LogP contribution in [0.3, 0.4) is 0 Å². The van der Waals surface area contributed by atoms with E-state index in [1.54, 1.807) is 37.3 Å². The van der Waals surface area contributed by atoms with Gasteiger partial charge >= 0.3 is 5.69 Å². The van der Waals surface area contributed by atoms with Gasteiger partial charge in [-0.3, -0.25) is 13.9 Å². The molecular weight excluding hydrogens is 384 g/mol. The molecule has 0 aliphatic carbocycles. The molecule has 0 N–H and O–H groups in total. The number of methoxy groups -OCH3 is 1. The predicted octanol–water partition coefficient (Wildman–Crippen LogP) is 2.75. The number of benzene rings is 2.